The molecule has 0 radical (unpaired) electrons. The summed E-state index contributed by atoms with van der Waals surface area (Å²) in [4.78, 5) is 12.9. The Hall–Kier alpha value is -5.16. The molecular formula is C40H42N2O7S. The van der Waals surface area contributed by atoms with E-state index >= 15 is 0 Å². The van der Waals surface area contributed by atoms with Crippen LogP contribution in [0.15, 0.2) is 115 Å². The number of ether oxygens (including phenoxy) is 3. The van der Waals surface area contributed by atoms with Gasteiger partial charge in [0, 0.05) is 13.1 Å². The molecule has 0 heterocycles. The largest absolute Gasteiger partial charge is 0.492 e. The quantitative estimate of drug-likeness (QED) is 0.0747. The number of carbonyl (C=O) groups excluding carboxylic acids is 1. The van der Waals surface area contributed by atoms with E-state index in [0.717, 1.165) is 39.6 Å². The summed E-state index contributed by atoms with van der Waals surface area (Å²) in [5.74, 6) is 0.730. The van der Waals surface area contributed by atoms with Crippen LogP contribution in [-0.2, 0) is 28.0 Å². The van der Waals surface area contributed by atoms with Crippen molar-refractivity contribution in [3.63, 3.8) is 0 Å². The summed E-state index contributed by atoms with van der Waals surface area (Å²) in [7, 11) is -3.57. The van der Waals surface area contributed by atoms with Gasteiger partial charge in [-0.1, -0.05) is 91.0 Å². The van der Waals surface area contributed by atoms with Gasteiger partial charge >= 0.3 is 5.97 Å². The van der Waals surface area contributed by atoms with E-state index in [4.69, 9.17) is 14.2 Å². The molecular weight excluding hydrogens is 653 g/mol. The van der Waals surface area contributed by atoms with Gasteiger partial charge in [0.1, 0.15) is 31.3 Å². The van der Waals surface area contributed by atoms with Gasteiger partial charge in [0.05, 0.1) is 23.6 Å². The topological polar surface area (TPSA) is 123 Å². The molecule has 260 valence electrons. The van der Waals surface area contributed by atoms with Crippen LogP contribution in [0.25, 0.3) is 11.1 Å². The molecule has 0 saturated carbocycles. The van der Waals surface area contributed by atoms with Crippen LogP contribution in [0.3, 0.4) is 0 Å². The fourth-order valence-corrected chi connectivity index (χ4v) is 6.04. The Morgan fingerprint density at radius 1 is 0.760 bits per heavy atom. The number of nitrogens with one attached hydrogen (secondary N) is 2. The summed E-state index contributed by atoms with van der Waals surface area (Å²) in [5, 5.41) is 14.0. The van der Waals surface area contributed by atoms with E-state index in [-0.39, 0.29) is 31.4 Å². The molecule has 0 saturated heterocycles. The third-order valence-electron chi connectivity index (χ3n) is 7.94. The first kappa shape index (κ1) is 36.1. The van der Waals surface area contributed by atoms with Crippen molar-refractivity contribution in [2.75, 3.05) is 30.7 Å². The predicted octanol–water partition coefficient (Wildman–Crippen LogP) is 6.98. The van der Waals surface area contributed by atoms with Crippen molar-refractivity contribution < 1.29 is 32.5 Å². The average molecular weight is 695 g/mol. The van der Waals surface area contributed by atoms with Gasteiger partial charge in [-0.2, -0.15) is 0 Å². The van der Waals surface area contributed by atoms with E-state index in [1.54, 1.807) is 18.2 Å². The summed E-state index contributed by atoms with van der Waals surface area (Å²) in [5.41, 5.74) is 6.95. The number of anilines is 1. The molecule has 5 aromatic carbocycles. The molecule has 5 aromatic rings. The first-order valence-corrected chi connectivity index (χ1v) is 18.2. The van der Waals surface area contributed by atoms with E-state index in [1.165, 1.54) is 0 Å². The zero-order valence-electron chi connectivity index (χ0n) is 28.4. The van der Waals surface area contributed by atoms with Crippen LogP contribution in [0.1, 0.15) is 44.3 Å². The number of sulfonamides is 1. The minimum atomic E-state index is -3.57. The first-order valence-electron chi connectivity index (χ1n) is 16.3. The van der Waals surface area contributed by atoms with Crippen LogP contribution < -0.4 is 19.5 Å². The minimum Gasteiger partial charge on any atom is -0.492 e. The highest BCUT2D eigenvalue weighted by Gasteiger charge is 2.17. The molecule has 0 aliphatic carbocycles. The second-order valence-electron chi connectivity index (χ2n) is 12.0. The van der Waals surface area contributed by atoms with Crippen LogP contribution >= 0.6 is 0 Å². The van der Waals surface area contributed by atoms with Crippen LogP contribution in [-0.4, -0.2) is 45.4 Å². The summed E-state index contributed by atoms with van der Waals surface area (Å²) in [6, 6.07) is 35.8. The standard InChI is InChI=1S/C40H42N2O7S/c1-28-22-34(23-29(2)39(28)40(44)49-27-31-12-8-5-9-13-31)32-14-17-35(18-15-32)47-21-20-41-25-37(43)33-16-19-38(36(24-33)42-50(3,45)46)48-26-30-10-6-4-7-11-30/h4-19,22-24,37,41-43H,20-21,25-27H2,1-3H3/t37-/m1/s1. The fourth-order valence-electron chi connectivity index (χ4n) is 5.48. The van der Waals surface area contributed by atoms with Gasteiger partial charge in [-0.15, -0.1) is 0 Å². The first-order chi connectivity index (χ1) is 24.1. The highest BCUT2D eigenvalue weighted by Crippen LogP contribution is 2.30. The summed E-state index contributed by atoms with van der Waals surface area (Å²) >= 11 is 0. The molecule has 0 aromatic heterocycles. The number of esters is 1. The lowest BCUT2D eigenvalue weighted by Crippen LogP contribution is -2.26. The van der Waals surface area contributed by atoms with Crippen molar-refractivity contribution in [2.24, 2.45) is 0 Å². The van der Waals surface area contributed by atoms with E-state index in [2.05, 4.69) is 10.0 Å². The van der Waals surface area contributed by atoms with Crippen LogP contribution in [0, 0.1) is 13.8 Å². The molecule has 0 amide bonds. The monoisotopic (exact) mass is 694 g/mol. The SMILES string of the molecule is Cc1cc(-c2ccc(OCCNC[C@@H](O)c3ccc(OCc4ccccc4)c(NS(C)(=O)=O)c3)cc2)cc(C)c1C(=O)OCc1ccccc1. The molecule has 0 aliphatic heterocycles. The van der Waals surface area contributed by atoms with Gasteiger partial charge in [0.15, 0.2) is 0 Å². The molecule has 0 fully saturated rings. The Kier molecular flexibility index (Phi) is 12.3. The Morgan fingerprint density at radius 2 is 1.38 bits per heavy atom. The van der Waals surface area contributed by atoms with Gasteiger partial charge < -0.3 is 24.6 Å². The molecule has 50 heavy (non-hydrogen) atoms. The third kappa shape index (κ3) is 10.4. The lowest BCUT2D eigenvalue weighted by Gasteiger charge is -2.17. The maximum absolute atomic E-state index is 12.9. The van der Waals surface area contributed by atoms with Gasteiger partial charge in [-0.3, -0.25) is 4.72 Å². The molecule has 0 unspecified atom stereocenters. The molecule has 0 spiro atoms. The Labute approximate surface area is 293 Å². The molecule has 1 atom stereocenters. The number of rotatable bonds is 16. The van der Waals surface area contributed by atoms with Crippen molar-refractivity contribution in [3.05, 3.63) is 149 Å². The lowest BCUT2D eigenvalue weighted by molar-refractivity contribution is 0.0471. The second-order valence-corrected chi connectivity index (χ2v) is 13.8. The number of carbonyl (C=O) groups is 1. The van der Waals surface area contributed by atoms with E-state index in [1.807, 2.05) is 111 Å². The molecule has 0 aliphatic rings. The Morgan fingerprint density at radius 3 is 2.00 bits per heavy atom. The van der Waals surface area contributed by atoms with Crippen molar-refractivity contribution in [3.8, 4) is 22.6 Å². The summed E-state index contributed by atoms with van der Waals surface area (Å²) < 4.78 is 43.9. The van der Waals surface area contributed by atoms with Crippen LogP contribution in [0.4, 0.5) is 5.69 Å². The third-order valence-corrected chi connectivity index (χ3v) is 8.53. The zero-order valence-corrected chi connectivity index (χ0v) is 29.2. The summed E-state index contributed by atoms with van der Waals surface area (Å²) in [6.07, 6.45) is 0.181. The van der Waals surface area contributed by atoms with Crippen molar-refractivity contribution in [1.29, 1.82) is 0 Å². The van der Waals surface area contributed by atoms with Crippen molar-refractivity contribution in [2.45, 2.75) is 33.2 Å². The molecule has 10 heteroatoms. The molecule has 9 nitrogen and oxygen atoms in total. The van der Waals surface area contributed by atoms with Crippen LogP contribution in [0.2, 0.25) is 0 Å². The molecule has 5 rings (SSSR count). The van der Waals surface area contributed by atoms with Gasteiger partial charge in [0.2, 0.25) is 10.0 Å². The fraction of sp³-hybridized carbons (Fsp3) is 0.225. The predicted molar refractivity (Wildman–Crippen MR) is 196 cm³/mol. The van der Waals surface area contributed by atoms with E-state index < -0.39 is 16.1 Å². The summed E-state index contributed by atoms with van der Waals surface area (Å²) in [6.45, 7) is 5.41. The highest BCUT2D eigenvalue weighted by atomic mass is 32.2. The smallest absolute Gasteiger partial charge is 0.339 e. The highest BCUT2D eigenvalue weighted by molar-refractivity contribution is 7.92. The maximum atomic E-state index is 12.9. The molecule has 3 N–H and O–H groups in total. The normalized spacial score (nSPS) is 11.8. The van der Waals surface area contributed by atoms with Crippen LogP contribution in [0.5, 0.6) is 11.5 Å². The van der Waals surface area contributed by atoms with Gasteiger partial charge in [-0.05, 0) is 77.1 Å². The number of aliphatic hydroxyl groups is 1. The zero-order chi connectivity index (χ0) is 35.5. The average Bonchev–Trinajstić information content (AvgIpc) is 3.10. The molecule has 0 bridgehead atoms. The van der Waals surface area contributed by atoms with Crippen molar-refractivity contribution >= 4 is 21.7 Å². The van der Waals surface area contributed by atoms with Crippen molar-refractivity contribution in [1.82, 2.24) is 5.32 Å². The maximum Gasteiger partial charge on any atom is 0.339 e. The number of benzene rings is 5. The van der Waals surface area contributed by atoms with Gasteiger partial charge in [-0.25, -0.2) is 13.2 Å². The number of aryl methyl sites for hydroxylation is 2. The minimum absolute atomic E-state index is 0.225. The lowest BCUT2D eigenvalue weighted by atomic mass is 9.95. The number of hydrogen-bond acceptors (Lipinski definition) is 8. The Balaban J connectivity index is 1.10. The number of hydrogen-bond donors (Lipinski definition) is 3. The van der Waals surface area contributed by atoms with E-state index in [9.17, 15) is 18.3 Å². The van der Waals surface area contributed by atoms with Gasteiger partial charge in [0.25, 0.3) is 0 Å². The number of aliphatic hydroxyl groups excluding tert-OH is 1. The second kappa shape index (κ2) is 17.0. The van der Waals surface area contributed by atoms with E-state index in [0.29, 0.717) is 35.8 Å². The Bertz CT molecular complexity index is 1960.